The predicted molar refractivity (Wildman–Crippen MR) is 43.9 cm³/mol. The van der Waals surface area contributed by atoms with Crippen molar-refractivity contribution in [2.24, 2.45) is 23.7 Å². The summed E-state index contributed by atoms with van der Waals surface area (Å²) in [7, 11) is 0. The van der Waals surface area contributed by atoms with Gasteiger partial charge in [0.05, 0.1) is 17.8 Å². The first-order chi connectivity index (χ1) is 6.95. The highest BCUT2D eigenvalue weighted by molar-refractivity contribution is 6.16. The fourth-order valence-corrected chi connectivity index (χ4v) is 2.59. The normalized spacial score (nSPS) is 38.4. The van der Waals surface area contributed by atoms with Crippen LogP contribution in [-0.4, -0.2) is 33.7 Å². The maximum absolute atomic E-state index is 11.5. The van der Waals surface area contributed by atoms with E-state index in [1.807, 2.05) is 0 Å². The van der Waals surface area contributed by atoms with E-state index in [1.165, 1.54) is 0 Å². The predicted octanol–water partition coefficient (Wildman–Crippen LogP) is -0.824. The van der Waals surface area contributed by atoms with Gasteiger partial charge in [0.2, 0.25) is 0 Å². The van der Waals surface area contributed by atoms with E-state index in [0.29, 0.717) is 0 Å². The number of carbonyl (C=O) groups excluding carboxylic acids is 2. The first-order valence-corrected chi connectivity index (χ1v) is 4.47. The summed E-state index contributed by atoms with van der Waals surface area (Å²) in [5, 5.41) is 17.7. The molecule has 0 heterocycles. The lowest BCUT2D eigenvalue weighted by atomic mass is 9.79. The average molecular weight is 212 g/mol. The summed E-state index contributed by atoms with van der Waals surface area (Å²) in [5.41, 5.74) is 0. The Balaban J connectivity index is 2.44. The number of rotatable bonds is 2. The van der Waals surface area contributed by atoms with Crippen LogP contribution in [0.15, 0.2) is 0 Å². The minimum atomic E-state index is -1.38. The quantitative estimate of drug-likeness (QED) is 0.578. The molecule has 2 aliphatic rings. The molecule has 2 fully saturated rings. The van der Waals surface area contributed by atoms with Crippen LogP contribution in [0.25, 0.3) is 0 Å². The molecule has 0 unspecified atom stereocenters. The molecule has 4 atom stereocenters. The van der Waals surface area contributed by atoms with E-state index < -0.39 is 47.2 Å². The summed E-state index contributed by atoms with van der Waals surface area (Å²) in [6.07, 6.45) is -0.121. The lowest BCUT2D eigenvalue weighted by Crippen LogP contribution is -2.38. The molecule has 2 aliphatic carbocycles. The van der Waals surface area contributed by atoms with Crippen molar-refractivity contribution in [3.63, 3.8) is 0 Å². The van der Waals surface area contributed by atoms with Crippen LogP contribution in [0.4, 0.5) is 0 Å². The van der Waals surface area contributed by atoms with E-state index in [2.05, 4.69) is 0 Å². The summed E-state index contributed by atoms with van der Waals surface area (Å²) >= 11 is 0. The topological polar surface area (TPSA) is 109 Å². The fourth-order valence-electron chi connectivity index (χ4n) is 2.59. The van der Waals surface area contributed by atoms with Crippen molar-refractivity contribution in [3.8, 4) is 0 Å². The van der Waals surface area contributed by atoms with Crippen molar-refractivity contribution in [3.05, 3.63) is 0 Å². The third kappa shape index (κ3) is 1.10. The Morgan fingerprint density at radius 2 is 1.60 bits per heavy atom. The number of carboxylic acid groups (broad SMARTS) is 2. The van der Waals surface area contributed by atoms with Gasteiger partial charge in [0.15, 0.2) is 0 Å². The lowest BCUT2D eigenvalue weighted by molar-refractivity contribution is -0.158. The van der Waals surface area contributed by atoms with Crippen molar-refractivity contribution in [2.45, 2.75) is 6.42 Å². The number of carbonyl (C=O) groups is 4. The van der Waals surface area contributed by atoms with Crippen LogP contribution >= 0.6 is 0 Å². The average Bonchev–Trinajstić information content (AvgIpc) is 2.54. The van der Waals surface area contributed by atoms with E-state index in [-0.39, 0.29) is 6.42 Å². The standard InChI is InChI=1S/C9H8O6/c10-3-1-2-4(8(12)13)6(9(14)15)5(3)7(2)11/h2,4-6H,1H2,(H,12,13)(H,14,15)/t2-,4-,5+,6-/m0/s1. The molecule has 15 heavy (non-hydrogen) atoms. The Hall–Kier alpha value is -1.72. The fraction of sp³-hybridized carbons (Fsp3) is 0.556. The van der Waals surface area contributed by atoms with Gasteiger partial charge < -0.3 is 10.2 Å². The molecule has 0 spiro atoms. The van der Waals surface area contributed by atoms with Gasteiger partial charge in [0.25, 0.3) is 0 Å². The van der Waals surface area contributed by atoms with Crippen LogP contribution in [0.5, 0.6) is 0 Å². The number of hydrogen-bond donors (Lipinski definition) is 2. The molecule has 0 radical (unpaired) electrons. The monoisotopic (exact) mass is 212 g/mol. The van der Waals surface area contributed by atoms with Crippen molar-refractivity contribution in [1.82, 2.24) is 0 Å². The van der Waals surface area contributed by atoms with E-state index in [0.717, 1.165) is 0 Å². The Labute approximate surface area is 83.9 Å². The highest BCUT2D eigenvalue weighted by Gasteiger charge is 2.63. The first-order valence-electron chi connectivity index (χ1n) is 4.47. The van der Waals surface area contributed by atoms with Gasteiger partial charge >= 0.3 is 11.9 Å². The van der Waals surface area contributed by atoms with Gasteiger partial charge in [-0.05, 0) is 0 Å². The molecule has 0 aliphatic heterocycles. The molecule has 0 saturated heterocycles. The van der Waals surface area contributed by atoms with E-state index in [1.54, 1.807) is 0 Å². The van der Waals surface area contributed by atoms with Crippen LogP contribution in [0, 0.1) is 23.7 Å². The van der Waals surface area contributed by atoms with Gasteiger partial charge in [-0.2, -0.15) is 0 Å². The van der Waals surface area contributed by atoms with Crippen LogP contribution < -0.4 is 0 Å². The third-order valence-electron chi connectivity index (χ3n) is 3.19. The molecule has 0 aromatic rings. The highest BCUT2D eigenvalue weighted by atomic mass is 16.4. The molecule has 6 heteroatoms. The van der Waals surface area contributed by atoms with Gasteiger partial charge in [-0.1, -0.05) is 0 Å². The Morgan fingerprint density at radius 3 is 2.07 bits per heavy atom. The maximum Gasteiger partial charge on any atom is 0.308 e. The summed E-state index contributed by atoms with van der Waals surface area (Å²) in [4.78, 5) is 44.4. The zero-order valence-corrected chi connectivity index (χ0v) is 7.54. The summed E-state index contributed by atoms with van der Waals surface area (Å²) < 4.78 is 0. The molecule has 0 aromatic carbocycles. The van der Waals surface area contributed by atoms with Crippen molar-refractivity contribution < 1.29 is 29.4 Å². The van der Waals surface area contributed by atoms with Crippen LogP contribution in [0.1, 0.15) is 6.42 Å². The molecule has 0 aromatic heterocycles. The number of ketones is 2. The van der Waals surface area contributed by atoms with Gasteiger partial charge in [-0.3, -0.25) is 19.2 Å². The van der Waals surface area contributed by atoms with Crippen LogP contribution in [-0.2, 0) is 19.2 Å². The van der Waals surface area contributed by atoms with Crippen molar-refractivity contribution in [1.29, 1.82) is 0 Å². The van der Waals surface area contributed by atoms with E-state index in [9.17, 15) is 19.2 Å². The third-order valence-corrected chi connectivity index (χ3v) is 3.19. The lowest BCUT2D eigenvalue weighted by Gasteiger charge is -2.21. The minimum absolute atomic E-state index is 0.121. The highest BCUT2D eigenvalue weighted by Crippen LogP contribution is 2.47. The molecule has 2 N–H and O–H groups in total. The number of aliphatic carboxylic acids is 2. The molecule has 6 nitrogen and oxygen atoms in total. The van der Waals surface area contributed by atoms with Crippen LogP contribution in [0.3, 0.4) is 0 Å². The van der Waals surface area contributed by atoms with Gasteiger partial charge in [-0.25, -0.2) is 0 Å². The second-order valence-electron chi connectivity index (χ2n) is 3.89. The molecular weight excluding hydrogens is 204 g/mol. The summed E-state index contributed by atoms with van der Waals surface area (Å²) in [5.74, 6) is -8.41. The number of Topliss-reactive ketones (excluding diaryl/α,β-unsaturated/α-hetero) is 2. The smallest absolute Gasteiger partial charge is 0.308 e. The van der Waals surface area contributed by atoms with E-state index in [4.69, 9.17) is 10.2 Å². The Bertz CT molecular complexity index is 384. The molecule has 2 saturated carbocycles. The van der Waals surface area contributed by atoms with Gasteiger partial charge in [0.1, 0.15) is 11.6 Å². The van der Waals surface area contributed by atoms with E-state index >= 15 is 0 Å². The second kappa shape index (κ2) is 2.88. The Kier molecular flexibility index (Phi) is 1.89. The number of carboxylic acids is 2. The molecule has 2 rings (SSSR count). The second-order valence-corrected chi connectivity index (χ2v) is 3.89. The SMILES string of the molecule is O=C1C[C@@H]2C(=O)[C@H]1[C@@H](C(=O)O)[C@H]2C(=O)O. The zero-order valence-electron chi connectivity index (χ0n) is 7.54. The summed E-state index contributed by atoms with van der Waals surface area (Å²) in [6.45, 7) is 0. The summed E-state index contributed by atoms with van der Waals surface area (Å²) in [6, 6.07) is 0. The Morgan fingerprint density at radius 1 is 1.07 bits per heavy atom. The molecule has 80 valence electrons. The first kappa shape index (κ1) is 9.82. The molecule has 2 bridgehead atoms. The maximum atomic E-state index is 11.5. The number of fused-ring (bicyclic) bond motifs is 2. The number of hydrogen-bond acceptors (Lipinski definition) is 4. The van der Waals surface area contributed by atoms with Gasteiger partial charge in [-0.15, -0.1) is 0 Å². The van der Waals surface area contributed by atoms with Gasteiger partial charge in [0, 0.05) is 12.3 Å². The minimum Gasteiger partial charge on any atom is -0.481 e. The molecule has 0 amide bonds. The zero-order chi connectivity index (χ0) is 11.3. The largest absolute Gasteiger partial charge is 0.481 e. The van der Waals surface area contributed by atoms with Crippen LogP contribution in [0.2, 0.25) is 0 Å². The molecular formula is C9H8O6. The van der Waals surface area contributed by atoms with Crippen molar-refractivity contribution in [2.75, 3.05) is 0 Å². The van der Waals surface area contributed by atoms with Crippen molar-refractivity contribution >= 4 is 23.5 Å².